The highest BCUT2D eigenvalue weighted by Gasteiger charge is 2.71. The highest BCUT2D eigenvalue weighted by molar-refractivity contribution is 5.95. The number of fused-ring (bicyclic) bond motifs is 5. The molecular weight excluding hydrogens is 472 g/mol. The molecule has 0 aromatic rings. The molecule has 0 aromatic heterocycles. The summed E-state index contributed by atoms with van der Waals surface area (Å²) in [7, 11) is 0. The number of ketones is 1. The Labute approximate surface area is 221 Å². The predicted molar refractivity (Wildman–Crippen MR) is 138 cm³/mol. The van der Waals surface area contributed by atoms with Crippen LogP contribution < -0.4 is 0 Å². The summed E-state index contributed by atoms with van der Waals surface area (Å²) in [6.45, 7) is 13.8. The van der Waals surface area contributed by atoms with Crippen LogP contribution in [0.3, 0.4) is 0 Å². The van der Waals surface area contributed by atoms with Gasteiger partial charge in [0.25, 0.3) is 0 Å². The maximum Gasteiger partial charge on any atom is 0.164 e. The van der Waals surface area contributed by atoms with Gasteiger partial charge in [0.15, 0.2) is 11.6 Å². The average Bonchev–Trinajstić information content (AvgIpc) is 3.17. The van der Waals surface area contributed by atoms with Crippen LogP contribution in [0.5, 0.6) is 0 Å². The molecule has 7 heteroatoms. The smallest absolute Gasteiger partial charge is 0.164 e. The van der Waals surface area contributed by atoms with Gasteiger partial charge in [0.1, 0.15) is 0 Å². The molecule has 1 saturated heterocycles. The number of allylic oxidation sites excluding steroid dienone is 1. The third-order valence-electron chi connectivity index (χ3n) is 11.4. The quantitative estimate of drug-likeness (QED) is 0.447. The van der Waals surface area contributed by atoms with Crippen molar-refractivity contribution in [2.45, 2.75) is 141 Å². The molecule has 7 nitrogen and oxygen atoms in total. The second kappa shape index (κ2) is 8.34. The van der Waals surface area contributed by atoms with Gasteiger partial charge < -0.3 is 29.9 Å². The molecule has 5 aliphatic rings. The Morgan fingerprint density at radius 3 is 2.35 bits per heavy atom. The number of carbonyl (C=O) groups excluding carboxylic acids is 1. The molecule has 0 spiro atoms. The van der Waals surface area contributed by atoms with Crippen LogP contribution in [0.15, 0.2) is 11.6 Å². The van der Waals surface area contributed by atoms with E-state index in [2.05, 4.69) is 20.8 Å². The summed E-state index contributed by atoms with van der Waals surface area (Å²) in [6, 6.07) is 0. The molecule has 1 heterocycles. The molecule has 37 heavy (non-hydrogen) atoms. The topological polar surface area (TPSA) is 116 Å². The SMILES string of the molecule is CC(C)(O)CC[C@H]1OC(C)(C)O[C@]1(C)[C@H]1CC[C@@]2(O)C3=CC(=O)[C@@H]4C[C@@H](O)[C@@H](O)C[C@]4(C)[C@H]3CC[C@]12C. The molecule has 1 aliphatic heterocycles. The van der Waals surface area contributed by atoms with Crippen LogP contribution >= 0.6 is 0 Å². The molecule has 0 unspecified atom stereocenters. The second-order valence-corrected chi connectivity index (χ2v) is 14.7. The summed E-state index contributed by atoms with van der Waals surface area (Å²) in [6.07, 6.45) is 4.51. The zero-order chi connectivity index (χ0) is 27.4. The zero-order valence-corrected chi connectivity index (χ0v) is 23.7. The summed E-state index contributed by atoms with van der Waals surface area (Å²) < 4.78 is 13.1. The van der Waals surface area contributed by atoms with Gasteiger partial charge in [0, 0.05) is 11.3 Å². The van der Waals surface area contributed by atoms with Crippen LogP contribution in [0, 0.1) is 28.6 Å². The predicted octanol–water partition coefficient (Wildman–Crippen LogP) is 3.65. The largest absolute Gasteiger partial charge is 0.390 e. The van der Waals surface area contributed by atoms with Crippen LogP contribution in [-0.2, 0) is 14.3 Å². The van der Waals surface area contributed by atoms with Gasteiger partial charge in [-0.15, -0.1) is 0 Å². The summed E-state index contributed by atoms with van der Waals surface area (Å²) in [4.78, 5) is 13.4. The first-order chi connectivity index (χ1) is 16.9. The fraction of sp³-hybridized carbons (Fsp3) is 0.900. The average molecular weight is 521 g/mol. The summed E-state index contributed by atoms with van der Waals surface area (Å²) in [5.74, 6) is -1.14. The van der Waals surface area contributed by atoms with Crippen LogP contribution in [0.25, 0.3) is 0 Å². The van der Waals surface area contributed by atoms with E-state index in [1.54, 1.807) is 6.08 Å². The standard InChI is InChI=1S/C30H48O7/c1-25(2,34)11-10-24-29(7,37-26(3,4)36-24)23-9-13-30(35)18-14-20(31)19-15-21(32)22(33)16-27(19,5)17(18)8-12-28(23,30)6/h14,17,19,21-24,32-35H,8-13,15-16H2,1-7H3/t17-,19-,21+,22-,23-,24+,27+,28+,29+,30+/m0/s1. The van der Waals surface area contributed by atoms with Crippen molar-refractivity contribution in [1.29, 1.82) is 0 Å². The van der Waals surface area contributed by atoms with Crippen LogP contribution in [-0.4, -0.2) is 67.1 Å². The van der Waals surface area contributed by atoms with Crippen LogP contribution in [0.2, 0.25) is 0 Å². The van der Waals surface area contributed by atoms with Gasteiger partial charge in [-0.1, -0.05) is 13.8 Å². The van der Waals surface area contributed by atoms with E-state index in [4.69, 9.17) is 9.47 Å². The normalized spacial score (nSPS) is 51.3. The molecule has 0 aromatic carbocycles. The molecule has 0 radical (unpaired) electrons. The lowest BCUT2D eigenvalue weighted by atomic mass is 9.45. The number of aliphatic hydroxyl groups is 4. The van der Waals surface area contributed by atoms with Crippen molar-refractivity contribution in [1.82, 2.24) is 0 Å². The summed E-state index contributed by atoms with van der Waals surface area (Å²) >= 11 is 0. The highest BCUT2D eigenvalue weighted by atomic mass is 16.8. The van der Waals surface area contributed by atoms with Gasteiger partial charge in [-0.25, -0.2) is 0 Å². The Kier molecular flexibility index (Phi) is 6.25. The highest BCUT2D eigenvalue weighted by Crippen LogP contribution is 2.69. The van der Waals surface area contributed by atoms with Crippen molar-refractivity contribution in [2.24, 2.45) is 28.6 Å². The van der Waals surface area contributed by atoms with Crippen LogP contribution in [0.4, 0.5) is 0 Å². The van der Waals surface area contributed by atoms with E-state index in [1.165, 1.54) is 0 Å². The lowest BCUT2D eigenvalue weighted by molar-refractivity contribution is -0.191. The Bertz CT molecular complexity index is 983. The first-order valence-corrected chi connectivity index (χ1v) is 14.3. The Hall–Kier alpha value is -0.830. The molecular formula is C30H48O7. The fourth-order valence-corrected chi connectivity index (χ4v) is 9.49. The van der Waals surface area contributed by atoms with Gasteiger partial charge in [0.2, 0.25) is 0 Å². The van der Waals surface area contributed by atoms with E-state index in [0.717, 1.165) is 24.8 Å². The van der Waals surface area contributed by atoms with Gasteiger partial charge in [-0.3, -0.25) is 4.79 Å². The third-order valence-corrected chi connectivity index (χ3v) is 11.4. The van der Waals surface area contributed by atoms with Crippen molar-refractivity contribution in [3.63, 3.8) is 0 Å². The van der Waals surface area contributed by atoms with Crippen molar-refractivity contribution in [3.8, 4) is 0 Å². The molecule has 5 rings (SSSR count). The maximum atomic E-state index is 13.4. The minimum absolute atomic E-state index is 0.000157. The zero-order valence-electron chi connectivity index (χ0n) is 23.7. The lowest BCUT2D eigenvalue weighted by Gasteiger charge is -2.60. The molecule has 0 amide bonds. The maximum absolute atomic E-state index is 13.4. The van der Waals surface area contributed by atoms with Crippen molar-refractivity contribution in [2.75, 3.05) is 0 Å². The summed E-state index contributed by atoms with van der Waals surface area (Å²) in [5, 5.41) is 43.9. The van der Waals surface area contributed by atoms with Crippen molar-refractivity contribution < 1.29 is 34.7 Å². The molecule has 3 saturated carbocycles. The van der Waals surface area contributed by atoms with Gasteiger partial charge in [0.05, 0.1) is 35.1 Å². The van der Waals surface area contributed by atoms with E-state index >= 15 is 0 Å². The van der Waals surface area contributed by atoms with E-state index in [1.807, 2.05) is 27.7 Å². The van der Waals surface area contributed by atoms with Gasteiger partial charge >= 0.3 is 0 Å². The Morgan fingerprint density at radius 1 is 1.03 bits per heavy atom. The fourth-order valence-electron chi connectivity index (χ4n) is 9.49. The van der Waals surface area contributed by atoms with E-state index < -0.39 is 45.6 Å². The number of hydrogen-bond donors (Lipinski definition) is 4. The molecule has 0 bridgehead atoms. The molecule has 10 atom stereocenters. The number of ether oxygens (including phenoxy) is 2. The van der Waals surface area contributed by atoms with Gasteiger partial charge in [-0.2, -0.15) is 0 Å². The number of aliphatic hydroxyl groups excluding tert-OH is 2. The van der Waals surface area contributed by atoms with Crippen molar-refractivity contribution >= 4 is 5.78 Å². The molecule has 4 fully saturated rings. The minimum Gasteiger partial charge on any atom is -0.390 e. The Morgan fingerprint density at radius 2 is 1.70 bits per heavy atom. The molecule has 4 N–H and O–H groups in total. The van der Waals surface area contributed by atoms with E-state index in [-0.39, 0.29) is 36.1 Å². The monoisotopic (exact) mass is 520 g/mol. The third kappa shape index (κ3) is 4.02. The molecule has 4 aliphatic carbocycles. The van der Waals surface area contributed by atoms with E-state index in [9.17, 15) is 25.2 Å². The molecule has 210 valence electrons. The van der Waals surface area contributed by atoms with Crippen molar-refractivity contribution in [3.05, 3.63) is 11.6 Å². The first kappa shape index (κ1) is 27.7. The number of carbonyl (C=O) groups is 1. The summed E-state index contributed by atoms with van der Waals surface area (Å²) in [5.41, 5.74) is -2.79. The second-order valence-electron chi connectivity index (χ2n) is 14.7. The Balaban J connectivity index is 1.51. The minimum atomic E-state index is -1.15. The first-order valence-electron chi connectivity index (χ1n) is 14.3. The van der Waals surface area contributed by atoms with Gasteiger partial charge in [-0.05, 0) is 115 Å². The number of hydrogen-bond acceptors (Lipinski definition) is 7. The van der Waals surface area contributed by atoms with Crippen LogP contribution in [0.1, 0.15) is 99.8 Å². The lowest BCUT2D eigenvalue weighted by Crippen LogP contribution is -2.62. The number of rotatable bonds is 4. The van der Waals surface area contributed by atoms with E-state index in [0.29, 0.717) is 25.7 Å².